The van der Waals surface area contributed by atoms with Crippen LogP contribution in [0.5, 0.6) is 0 Å². The molecule has 0 radical (unpaired) electrons. The van der Waals surface area contributed by atoms with Gasteiger partial charge in [0.2, 0.25) is 10.0 Å². The first kappa shape index (κ1) is 17.2. The molecule has 2 heterocycles. The molecule has 2 aromatic heterocycles. The molecule has 0 saturated heterocycles. The van der Waals surface area contributed by atoms with Crippen LogP contribution in [-0.2, 0) is 23.6 Å². The fourth-order valence-corrected chi connectivity index (χ4v) is 3.48. The second-order valence-corrected chi connectivity index (χ2v) is 6.94. The largest absolute Gasteiger partial charge is 0.266 e. The Balaban J connectivity index is 1.83. The predicted molar refractivity (Wildman–Crippen MR) is 86.8 cm³/mol. The number of hydrogen-bond acceptors (Lipinski definition) is 4. The van der Waals surface area contributed by atoms with E-state index in [9.17, 15) is 17.2 Å². The Kier molecular flexibility index (Phi) is 4.60. The van der Waals surface area contributed by atoms with Crippen LogP contribution < -0.4 is 4.72 Å². The molecule has 0 spiro atoms. The van der Waals surface area contributed by atoms with Gasteiger partial charge < -0.3 is 0 Å². The third-order valence-corrected chi connectivity index (χ3v) is 4.94. The average molecular weight is 364 g/mol. The molecular formula is C16H14F2N4O2S. The number of nitrogens with zero attached hydrogens (tertiary/aromatic N) is 3. The predicted octanol–water partition coefficient (Wildman–Crippen LogP) is 2.24. The van der Waals surface area contributed by atoms with Crippen LogP contribution in [0.25, 0.3) is 11.4 Å². The topological polar surface area (TPSA) is 76.9 Å². The van der Waals surface area contributed by atoms with Crippen LogP contribution in [0.2, 0.25) is 0 Å². The van der Waals surface area contributed by atoms with Crippen molar-refractivity contribution in [3.05, 3.63) is 66.0 Å². The maximum Gasteiger partial charge on any atom is 0.246 e. The van der Waals surface area contributed by atoms with E-state index >= 15 is 0 Å². The van der Waals surface area contributed by atoms with Gasteiger partial charge in [-0.1, -0.05) is 12.1 Å². The highest BCUT2D eigenvalue weighted by molar-refractivity contribution is 7.89. The van der Waals surface area contributed by atoms with Crippen LogP contribution in [0.1, 0.15) is 5.69 Å². The number of hydrogen-bond donors (Lipinski definition) is 1. The first-order chi connectivity index (χ1) is 11.9. The van der Waals surface area contributed by atoms with Gasteiger partial charge in [0.25, 0.3) is 0 Å². The Morgan fingerprint density at radius 1 is 1.12 bits per heavy atom. The van der Waals surface area contributed by atoms with Crippen molar-refractivity contribution in [2.24, 2.45) is 7.05 Å². The molecule has 1 N–H and O–H groups in total. The highest BCUT2D eigenvalue weighted by Crippen LogP contribution is 2.20. The Hall–Kier alpha value is -2.65. The Morgan fingerprint density at radius 2 is 1.84 bits per heavy atom. The third-order valence-electron chi connectivity index (χ3n) is 3.49. The number of rotatable bonds is 5. The van der Waals surface area contributed by atoms with Crippen molar-refractivity contribution in [1.29, 1.82) is 0 Å². The molecule has 3 aromatic rings. The van der Waals surface area contributed by atoms with Crippen molar-refractivity contribution in [1.82, 2.24) is 19.5 Å². The molecule has 0 saturated carbocycles. The van der Waals surface area contributed by atoms with E-state index in [1.807, 2.05) is 6.07 Å². The Labute approximate surface area is 143 Å². The molecule has 25 heavy (non-hydrogen) atoms. The summed E-state index contributed by atoms with van der Waals surface area (Å²) in [5, 5.41) is 4.19. The van der Waals surface area contributed by atoms with Crippen molar-refractivity contribution in [2.75, 3.05) is 0 Å². The summed E-state index contributed by atoms with van der Waals surface area (Å²) in [7, 11) is -2.66. The highest BCUT2D eigenvalue weighted by atomic mass is 32.2. The van der Waals surface area contributed by atoms with Gasteiger partial charge in [0, 0.05) is 13.2 Å². The molecule has 0 aliphatic heterocycles. The number of aromatic nitrogens is 3. The van der Waals surface area contributed by atoms with Gasteiger partial charge in [-0.25, -0.2) is 21.9 Å². The zero-order valence-electron chi connectivity index (χ0n) is 13.1. The number of pyridine rings is 1. The van der Waals surface area contributed by atoms with Crippen LogP contribution in [0.15, 0.2) is 53.6 Å². The Morgan fingerprint density at radius 3 is 2.48 bits per heavy atom. The molecule has 0 aliphatic carbocycles. The van der Waals surface area contributed by atoms with E-state index in [0.717, 1.165) is 18.2 Å². The zero-order chi connectivity index (χ0) is 18.0. The summed E-state index contributed by atoms with van der Waals surface area (Å²) < 4.78 is 55.4. The van der Waals surface area contributed by atoms with Crippen LogP contribution in [0.4, 0.5) is 8.78 Å². The molecule has 0 atom stereocenters. The van der Waals surface area contributed by atoms with Gasteiger partial charge in [-0.15, -0.1) is 0 Å². The van der Waals surface area contributed by atoms with Crippen LogP contribution in [0, 0.1) is 11.6 Å². The van der Waals surface area contributed by atoms with E-state index < -0.39 is 26.6 Å². The number of halogens is 2. The normalized spacial score (nSPS) is 11.6. The maximum absolute atomic E-state index is 13.7. The molecule has 0 unspecified atom stereocenters. The van der Waals surface area contributed by atoms with Crippen molar-refractivity contribution in [2.45, 2.75) is 11.4 Å². The fraction of sp³-hybridized carbons (Fsp3) is 0.125. The number of benzene rings is 1. The van der Waals surface area contributed by atoms with Crippen LogP contribution in [0.3, 0.4) is 0 Å². The van der Waals surface area contributed by atoms with Gasteiger partial charge in [-0.05, 0) is 30.3 Å². The minimum absolute atomic E-state index is 0.212. The van der Waals surface area contributed by atoms with Gasteiger partial charge in [0.05, 0.1) is 23.6 Å². The lowest BCUT2D eigenvalue weighted by Crippen LogP contribution is -2.25. The minimum Gasteiger partial charge on any atom is -0.266 e. The number of sulfonamides is 1. The van der Waals surface area contributed by atoms with E-state index in [-0.39, 0.29) is 6.54 Å². The fourth-order valence-electron chi connectivity index (χ4n) is 2.35. The summed E-state index contributed by atoms with van der Waals surface area (Å²) in [6.07, 6.45) is 1.63. The smallest absolute Gasteiger partial charge is 0.246 e. The monoisotopic (exact) mass is 364 g/mol. The molecule has 0 bridgehead atoms. The average Bonchev–Trinajstić information content (AvgIpc) is 2.94. The third kappa shape index (κ3) is 3.57. The summed E-state index contributed by atoms with van der Waals surface area (Å²) in [5.41, 5.74) is 1.75. The van der Waals surface area contributed by atoms with Gasteiger partial charge in [0.15, 0.2) is 4.90 Å². The number of nitrogens with one attached hydrogen (secondary N) is 1. The molecular weight excluding hydrogens is 350 g/mol. The molecule has 9 heteroatoms. The lowest BCUT2D eigenvalue weighted by molar-refractivity contribution is 0.513. The van der Waals surface area contributed by atoms with Crippen molar-refractivity contribution in [3.8, 4) is 11.4 Å². The highest BCUT2D eigenvalue weighted by Gasteiger charge is 2.24. The van der Waals surface area contributed by atoms with Crippen molar-refractivity contribution in [3.63, 3.8) is 0 Å². The number of aryl methyl sites for hydroxylation is 1. The maximum atomic E-state index is 13.7. The first-order valence-corrected chi connectivity index (χ1v) is 8.75. The van der Waals surface area contributed by atoms with E-state index in [4.69, 9.17) is 0 Å². The summed E-state index contributed by atoms with van der Waals surface area (Å²) in [6, 6.07) is 9.91. The minimum atomic E-state index is -4.35. The molecule has 6 nitrogen and oxygen atoms in total. The summed E-state index contributed by atoms with van der Waals surface area (Å²) in [5.74, 6) is -2.30. The van der Waals surface area contributed by atoms with Crippen molar-refractivity contribution < 1.29 is 17.2 Å². The lowest BCUT2D eigenvalue weighted by Gasteiger charge is -2.07. The first-order valence-electron chi connectivity index (χ1n) is 7.26. The van der Waals surface area contributed by atoms with Crippen LogP contribution in [-0.4, -0.2) is 23.2 Å². The van der Waals surface area contributed by atoms with Gasteiger partial charge in [-0.3, -0.25) is 9.67 Å². The van der Waals surface area contributed by atoms with Crippen LogP contribution >= 0.6 is 0 Å². The second-order valence-electron chi connectivity index (χ2n) is 5.23. The lowest BCUT2D eigenvalue weighted by atomic mass is 10.2. The molecule has 0 aliphatic rings. The van der Waals surface area contributed by atoms with Gasteiger partial charge in [-0.2, -0.15) is 5.10 Å². The second kappa shape index (κ2) is 6.69. The summed E-state index contributed by atoms with van der Waals surface area (Å²) in [4.78, 5) is 3.20. The van der Waals surface area contributed by atoms with E-state index in [1.54, 1.807) is 36.1 Å². The molecule has 0 fully saturated rings. The molecule has 130 valence electrons. The molecule has 1 aromatic carbocycles. The van der Waals surface area contributed by atoms with E-state index in [0.29, 0.717) is 17.1 Å². The van der Waals surface area contributed by atoms with Gasteiger partial charge in [0.1, 0.15) is 11.6 Å². The molecule has 0 amide bonds. The SMILES string of the molecule is Cn1nc(CNS(=O)(=O)c2c(F)cccc2F)cc1-c1ccccn1. The summed E-state index contributed by atoms with van der Waals surface area (Å²) in [6.45, 7) is -0.212. The van der Waals surface area contributed by atoms with Gasteiger partial charge >= 0.3 is 0 Å². The van der Waals surface area contributed by atoms with E-state index in [1.165, 1.54) is 0 Å². The zero-order valence-corrected chi connectivity index (χ0v) is 14.0. The molecule has 3 rings (SSSR count). The van der Waals surface area contributed by atoms with E-state index in [2.05, 4.69) is 14.8 Å². The standard InChI is InChI=1S/C16H14F2N4O2S/c1-22-15(14-7-2-3-8-19-14)9-11(21-22)10-20-25(23,24)16-12(17)5-4-6-13(16)18/h2-9,20H,10H2,1H3. The van der Waals surface area contributed by atoms with Crippen molar-refractivity contribution >= 4 is 10.0 Å². The summed E-state index contributed by atoms with van der Waals surface area (Å²) >= 11 is 0. The quantitative estimate of drug-likeness (QED) is 0.753. The Bertz CT molecular complexity index is 984.